The molecule has 6 nitrogen and oxygen atoms in total. The number of piperidine rings is 1. The highest BCUT2D eigenvalue weighted by Crippen LogP contribution is 2.28. The van der Waals surface area contributed by atoms with Gasteiger partial charge in [-0.05, 0) is 18.2 Å². The van der Waals surface area contributed by atoms with E-state index in [-0.39, 0.29) is 29.9 Å². The van der Waals surface area contributed by atoms with Gasteiger partial charge in [0, 0.05) is 47.7 Å². The number of likely N-dealkylation sites (tertiary alicyclic amines) is 1. The van der Waals surface area contributed by atoms with Gasteiger partial charge in [0.05, 0.1) is 5.56 Å². The Morgan fingerprint density at radius 3 is 2.54 bits per heavy atom. The highest BCUT2D eigenvalue weighted by Gasteiger charge is 2.23. The number of halogens is 2. The van der Waals surface area contributed by atoms with Gasteiger partial charge in [-0.3, -0.25) is 9.59 Å². The number of carbonyl (C=O) groups is 2. The summed E-state index contributed by atoms with van der Waals surface area (Å²) < 4.78 is 5.70. The number of ether oxygens (including phenoxy) is 1. The van der Waals surface area contributed by atoms with E-state index in [2.05, 4.69) is 4.98 Å². The fourth-order valence-electron chi connectivity index (χ4n) is 2.65. The molecule has 2 N–H and O–H groups in total. The number of Topliss-reactive ketones (excluding diaryl/α,β-unsaturated/α-hetero) is 1. The molecule has 0 bridgehead atoms. The van der Waals surface area contributed by atoms with Crippen LogP contribution in [0.4, 0.5) is 5.82 Å². The number of nitrogens with two attached hydrogens (primary N) is 1. The highest BCUT2D eigenvalue weighted by molar-refractivity contribution is 6.35. The summed E-state index contributed by atoms with van der Waals surface area (Å²) >= 11 is 12.3. The summed E-state index contributed by atoms with van der Waals surface area (Å²) in [5.74, 6) is 0.411. The maximum absolute atomic E-state index is 12.6. The molecule has 26 heavy (non-hydrogen) atoms. The molecule has 1 aromatic heterocycles. The van der Waals surface area contributed by atoms with Crippen molar-refractivity contribution in [2.75, 3.05) is 18.8 Å². The standard InChI is InChI=1S/C18H17Cl2N3O3/c19-14-2-1-3-15(20)13(14)10-26-16-8-11(9-22-17(16)21)18(25)23-6-4-12(24)5-7-23/h1-3,8-9H,4-7,10H2,(H2,21,22). The lowest BCUT2D eigenvalue weighted by atomic mass is 10.1. The molecular formula is C18H17Cl2N3O3. The van der Waals surface area contributed by atoms with Gasteiger partial charge in [-0.15, -0.1) is 0 Å². The number of nitrogens with zero attached hydrogens (tertiary/aromatic N) is 2. The molecule has 1 aromatic carbocycles. The summed E-state index contributed by atoms with van der Waals surface area (Å²) in [5.41, 5.74) is 6.84. The monoisotopic (exact) mass is 393 g/mol. The van der Waals surface area contributed by atoms with E-state index in [4.69, 9.17) is 33.7 Å². The zero-order valence-electron chi connectivity index (χ0n) is 13.9. The van der Waals surface area contributed by atoms with Crippen LogP contribution < -0.4 is 10.5 Å². The van der Waals surface area contributed by atoms with E-state index in [1.54, 1.807) is 29.2 Å². The second-order valence-corrected chi connectivity index (χ2v) is 6.74. The maximum atomic E-state index is 12.6. The first-order chi connectivity index (χ1) is 12.5. The third kappa shape index (κ3) is 4.08. The Morgan fingerprint density at radius 2 is 1.88 bits per heavy atom. The van der Waals surface area contributed by atoms with Gasteiger partial charge in [-0.2, -0.15) is 0 Å². The fraction of sp³-hybridized carbons (Fsp3) is 0.278. The number of pyridine rings is 1. The predicted octanol–water partition coefficient (Wildman–Crippen LogP) is 3.35. The number of carbonyl (C=O) groups excluding carboxylic acids is 2. The number of nitrogen functional groups attached to an aromatic ring is 1. The van der Waals surface area contributed by atoms with Crippen molar-refractivity contribution < 1.29 is 14.3 Å². The van der Waals surface area contributed by atoms with Crippen LogP contribution in [0, 0.1) is 0 Å². The molecule has 1 aliphatic heterocycles. The second kappa shape index (κ2) is 7.93. The van der Waals surface area contributed by atoms with Gasteiger partial charge in [0.2, 0.25) is 0 Å². The van der Waals surface area contributed by atoms with Crippen LogP contribution in [0.5, 0.6) is 5.75 Å². The Labute approximate surface area is 160 Å². The molecule has 0 aliphatic carbocycles. The van der Waals surface area contributed by atoms with Crippen molar-refractivity contribution in [3.05, 3.63) is 51.6 Å². The Kier molecular flexibility index (Phi) is 5.64. The van der Waals surface area contributed by atoms with Crippen molar-refractivity contribution >= 4 is 40.7 Å². The first kappa shape index (κ1) is 18.5. The van der Waals surface area contributed by atoms with Gasteiger partial charge < -0.3 is 15.4 Å². The van der Waals surface area contributed by atoms with Gasteiger partial charge in [0.15, 0.2) is 11.6 Å². The molecule has 0 atom stereocenters. The average Bonchev–Trinajstić information content (AvgIpc) is 2.63. The Morgan fingerprint density at radius 1 is 1.23 bits per heavy atom. The lowest BCUT2D eigenvalue weighted by molar-refractivity contribution is -0.120. The highest BCUT2D eigenvalue weighted by atomic mass is 35.5. The third-order valence-electron chi connectivity index (χ3n) is 4.17. The summed E-state index contributed by atoms with van der Waals surface area (Å²) in [4.78, 5) is 29.6. The molecule has 1 fully saturated rings. The van der Waals surface area contributed by atoms with Crippen LogP contribution in [-0.2, 0) is 11.4 Å². The van der Waals surface area contributed by atoms with E-state index < -0.39 is 0 Å². The van der Waals surface area contributed by atoms with E-state index in [0.29, 0.717) is 47.1 Å². The number of rotatable bonds is 4. The first-order valence-corrected chi connectivity index (χ1v) is 8.83. The van der Waals surface area contributed by atoms with Crippen molar-refractivity contribution in [1.29, 1.82) is 0 Å². The molecule has 2 aromatic rings. The normalized spacial score (nSPS) is 14.4. The van der Waals surface area contributed by atoms with E-state index >= 15 is 0 Å². The Hall–Kier alpha value is -2.31. The van der Waals surface area contributed by atoms with Crippen molar-refractivity contribution in [3.8, 4) is 5.75 Å². The zero-order valence-corrected chi connectivity index (χ0v) is 15.4. The largest absolute Gasteiger partial charge is 0.485 e. The number of anilines is 1. The van der Waals surface area contributed by atoms with Gasteiger partial charge in [-0.25, -0.2) is 4.98 Å². The second-order valence-electron chi connectivity index (χ2n) is 5.93. The fourth-order valence-corrected chi connectivity index (χ4v) is 3.16. The molecule has 0 saturated carbocycles. The number of benzene rings is 1. The minimum Gasteiger partial charge on any atom is -0.485 e. The van der Waals surface area contributed by atoms with E-state index in [9.17, 15) is 9.59 Å². The van der Waals surface area contributed by atoms with Gasteiger partial charge in [0.1, 0.15) is 12.4 Å². The van der Waals surface area contributed by atoms with Crippen LogP contribution >= 0.6 is 23.2 Å². The summed E-state index contributed by atoms with van der Waals surface area (Å²) in [7, 11) is 0. The summed E-state index contributed by atoms with van der Waals surface area (Å²) in [6, 6.07) is 6.72. The van der Waals surface area contributed by atoms with Gasteiger partial charge in [0.25, 0.3) is 5.91 Å². The molecule has 0 radical (unpaired) electrons. The molecule has 0 spiro atoms. The van der Waals surface area contributed by atoms with Crippen molar-refractivity contribution in [2.24, 2.45) is 0 Å². The molecule has 136 valence electrons. The van der Waals surface area contributed by atoms with Crippen LogP contribution in [0.3, 0.4) is 0 Å². The van der Waals surface area contributed by atoms with E-state index in [0.717, 1.165) is 0 Å². The topological polar surface area (TPSA) is 85.5 Å². The first-order valence-electron chi connectivity index (χ1n) is 8.08. The maximum Gasteiger partial charge on any atom is 0.255 e. The zero-order chi connectivity index (χ0) is 18.7. The van der Waals surface area contributed by atoms with Crippen LogP contribution in [0.15, 0.2) is 30.5 Å². The lowest BCUT2D eigenvalue weighted by Gasteiger charge is -2.26. The van der Waals surface area contributed by atoms with Crippen LogP contribution in [0.1, 0.15) is 28.8 Å². The Bertz CT molecular complexity index is 827. The van der Waals surface area contributed by atoms with Crippen molar-refractivity contribution in [2.45, 2.75) is 19.4 Å². The quantitative estimate of drug-likeness (QED) is 0.860. The minimum absolute atomic E-state index is 0.0975. The summed E-state index contributed by atoms with van der Waals surface area (Å²) in [5, 5.41) is 0.962. The molecule has 8 heteroatoms. The number of amides is 1. The molecule has 2 heterocycles. The molecule has 1 aliphatic rings. The SMILES string of the molecule is Nc1ncc(C(=O)N2CCC(=O)CC2)cc1OCc1c(Cl)cccc1Cl. The number of ketones is 1. The van der Waals surface area contributed by atoms with Crippen LogP contribution in [-0.4, -0.2) is 34.7 Å². The number of hydrogen-bond donors (Lipinski definition) is 1. The van der Waals surface area contributed by atoms with E-state index in [1.165, 1.54) is 6.20 Å². The molecule has 1 amide bonds. The minimum atomic E-state index is -0.203. The number of aromatic nitrogens is 1. The van der Waals surface area contributed by atoms with Crippen molar-refractivity contribution in [1.82, 2.24) is 9.88 Å². The van der Waals surface area contributed by atoms with Crippen LogP contribution in [0.2, 0.25) is 10.0 Å². The van der Waals surface area contributed by atoms with Gasteiger partial charge >= 0.3 is 0 Å². The third-order valence-corrected chi connectivity index (χ3v) is 4.88. The van der Waals surface area contributed by atoms with Gasteiger partial charge in [-0.1, -0.05) is 29.3 Å². The smallest absolute Gasteiger partial charge is 0.255 e. The predicted molar refractivity (Wildman–Crippen MR) is 99.6 cm³/mol. The molecular weight excluding hydrogens is 377 g/mol. The van der Waals surface area contributed by atoms with E-state index in [1.807, 2.05) is 0 Å². The average molecular weight is 394 g/mol. The Balaban J connectivity index is 1.75. The molecule has 1 saturated heterocycles. The van der Waals surface area contributed by atoms with Crippen LogP contribution in [0.25, 0.3) is 0 Å². The lowest BCUT2D eigenvalue weighted by Crippen LogP contribution is -2.38. The van der Waals surface area contributed by atoms with Crippen molar-refractivity contribution in [3.63, 3.8) is 0 Å². The summed E-state index contributed by atoms with van der Waals surface area (Å²) in [6.07, 6.45) is 2.16. The number of hydrogen-bond acceptors (Lipinski definition) is 5. The molecule has 3 rings (SSSR count). The molecule has 0 unspecified atom stereocenters. The summed E-state index contributed by atoms with van der Waals surface area (Å²) in [6.45, 7) is 0.918.